The molecule has 1 aliphatic rings. The number of sulfone groups is 1. The van der Waals surface area contributed by atoms with E-state index in [1.807, 2.05) is 24.4 Å². The second kappa shape index (κ2) is 7.94. The number of aromatic amines is 1. The lowest BCUT2D eigenvalue weighted by Crippen LogP contribution is -2.22. The molecule has 0 amide bonds. The van der Waals surface area contributed by atoms with Gasteiger partial charge in [0, 0.05) is 23.1 Å². The number of rotatable bonds is 6. The van der Waals surface area contributed by atoms with Crippen LogP contribution in [0.3, 0.4) is 0 Å². The first-order valence-electron chi connectivity index (χ1n) is 9.79. The Bertz CT molecular complexity index is 1080. The zero-order valence-electron chi connectivity index (χ0n) is 16.1. The fourth-order valence-electron chi connectivity index (χ4n) is 3.87. The summed E-state index contributed by atoms with van der Waals surface area (Å²) in [6.07, 6.45) is 9.46. The van der Waals surface area contributed by atoms with Crippen molar-refractivity contribution in [2.75, 3.05) is 19.3 Å². The summed E-state index contributed by atoms with van der Waals surface area (Å²) in [5, 5.41) is 1.14. The zero-order chi connectivity index (χ0) is 19.6. The molecule has 1 atom stereocenters. The van der Waals surface area contributed by atoms with Crippen LogP contribution >= 0.6 is 0 Å². The molecule has 0 spiro atoms. The third-order valence-electron chi connectivity index (χ3n) is 5.61. The van der Waals surface area contributed by atoms with Crippen LogP contribution in [0.2, 0.25) is 0 Å². The van der Waals surface area contributed by atoms with Gasteiger partial charge in [0.1, 0.15) is 0 Å². The molecule has 1 aliphatic heterocycles. The van der Waals surface area contributed by atoms with Crippen LogP contribution in [0.1, 0.15) is 24.0 Å². The molecule has 0 unspecified atom stereocenters. The number of hydrogen-bond acceptors (Lipinski definition) is 3. The van der Waals surface area contributed by atoms with E-state index in [1.54, 1.807) is 24.3 Å². The van der Waals surface area contributed by atoms with Crippen LogP contribution in [0.25, 0.3) is 17.0 Å². The number of nitrogens with one attached hydrogen (secondary N) is 1. The van der Waals surface area contributed by atoms with Crippen molar-refractivity contribution in [1.82, 2.24) is 9.88 Å². The van der Waals surface area contributed by atoms with Gasteiger partial charge < -0.3 is 4.98 Å². The minimum atomic E-state index is -3.26. The molecule has 0 aliphatic carbocycles. The molecule has 1 N–H and O–H groups in total. The van der Waals surface area contributed by atoms with Crippen LogP contribution in [-0.2, 0) is 16.3 Å². The topological polar surface area (TPSA) is 53.2 Å². The Hall–Kier alpha value is -2.37. The Kier molecular flexibility index (Phi) is 5.38. The smallest absolute Gasteiger partial charge is 0.178 e. The third-order valence-corrected chi connectivity index (χ3v) is 7.35. The summed E-state index contributed by atoms with van der Waals surface area (Å²) >= 11 is 0. The Balaban J connectivity index is 1.52. The predicted octanol–water partition coefficient (Wildman–Crippen LogP) is 4.29. The summed E-state index contributed by atoms with van der Waals surface area (Å²) in [6, 6.07) is 15.3. The number of aromatic nitrogens is 1. The fraction of sp³-hybridized carbons (Fsp3) is 0.304. The van der Waals surface area contributed by atoms with Crippen molar-refractivity contribution in [3.8, 4) is 0 Å². The van der Waals surface area contributed by atoms with E-state index in [-0.39, 0.29) is 5.75 Å². The van der Waals surface area contributed by atoms with Crippen LogP contribution < -0.4 is 0 Å². The first kappa shape index (κ1) is 19.0. The zero-order valence-corrected chi connectivity index (χ0v) is 17.0. The largest absolute Gasteiger partial charge is 0.361 e. The van der Waals surface area contributed by atoms with Crippen LogP contribution in [-0.4, -0.2) is 43.7 Å². The maximum Gasteiger partial charge on any atom is 0.178 e. The van der Waals surface area contributed by atoms with E-state index in [4.69, 9.17) is 0 Å². The van der Waals surface area contributed by atoms with Crippen molar-refractivity contribution < 1.29 is 8.42 Å². The SMILES string of the molecule is CN1CCC[C@@H]1C=Cc1c[nH]c2ccc(CCS(=O)(=O)c3ccccc3)cc12. The molecule has 28 heavy (non-hydrogen) atoms. The number of nitrogens with zero attached hydrogens (tertiary/aromatic N) is 1. The van der Waals surface area contributed by atoms with Gasteiger partial charge in [-0.25, -0.2) is 8.42 Å². The molecular weight excluding hydrogens is 368 g/mol. The summed E-state index contributed by atoms with van der Waals surface area (Å²) in [6.45, 7) is 1.16. The van der Waals surface area contributed by atoms with Crippen LogP contribution in [0, 0.1) is 0 Å². The monoisotopic (exact) mass is 394 g/mol. The highest BCUT2D eigenvalue weighted by atomic mass is 32.2. The van der Waals surface area contributed by atoms with Crippen molar-refractivity contribution in [2.24, 2.45) is 0 Å². The lowest BCUT2D eigenvalue weighted by atomic mass is 10.1. The number of fused-ring (bicyclic) bond motifs is 1. The molecule has 1 aromatic heterocycles. The first-order valence-corrected chi connectivity index (χ1v) is 11.4. The van der Waals surface area contributed by atoms with Crippen molar-refractivity contribution in [1.29, 1.82) is 0 Å². The Morgan fingerprint density at radius 3 is 2.75 bits per heavy atom. The summed E-state index contributed by atoms with van der Waals surface area (Å²) in [4.78, 5) is 6.09. The number of likely N-dealkylation sites (N-methyl/N-ethyl adjacent to an activating group) is 1. The summed E-state index contributed by atoms with van der Waals surface area (Å²) in [5.41, 5.74) is 3.27. The van der Waals surface area contributed by atoms with Crippen molar-refractivity contribution in [2.45, 2.75) is 30.2 Å². The van der Waals surface area contributed by atoms with E-state index in [0.717, 1.165) is 28.6 Å². The Labute approximate surface area is 166 Å². The predicted molar refractivity (Wildman–Crippen MR) is 115 cm³/mol. The normalized spacial score (nSPS) is 18.4. The van der Waals surface area contributed by atoms with Crippen LogP contribution in [0.5, 0.6) is 0 Å². The van der Waals surface area contributed by atoms with Gasteiger partial charge in [-0.05, 0) is 68.2 Å². The summed E-state index contributed by atoms with van der Waals surface area (Å²) < 4.78 is 25.1. The van der Waals surface area contributed by atoms with Crippen LogP contribution in [0.15, 0.2) is 65.7 Å². The minimum absolute atomic E-state index is 0.116. The van der Waals surface area contributed by atoms with E-state index < -0.39 is 9.84 Å². The number of benzene rings is 2. The molecule has 1 fully saturated rings. The molecular formula is C23H26N2O2S. The fourth-order valence-corrected chi connectivity index (χ4v) is 5.19. The number of hydrogen-bond donors (Lipinski definition) is 1. The lowest BCUT2D eigenvalue weighted by Gasteiger charge is -2.14. The molecule has 2 heterocycles. The molecule has 5 heteroatoms. The quantitative estimate of drug-likeness (QED) is 0.678. The van der Waals surface area contributed by atoms with E-state index >= 15 is 0 Å². The molecule has 1 saturated heterocycles. The minimum Gasteiger partial charge on any atom is -0.361 e. The van der Waals surface area contributed by atoms with E-state index in [0.29, 0.717) is 17.4 Å². The molecule has 4 nitrogen and oxygen atoms in total. The van der Waals surface area contributed by atoms with Gasteiger partial charge in [0.15, 0.2) is 9.84 Å². The summed E-state index contributed by atoms with van der Waals surface area (Å²) in [5.74, 6) is 0.116. The maximum absolute atomic E-state index is 12.5. The first-order chi connectivity index (χ1) is 13.5. The highest BCUT2D eigenvalue weighted by molar-refractivity contribution is 7.91. The average Bonchev–Trinajstić information content (AvgIpc) is 3.31. The highest BCUT2D eigenvalue weighted by Gasteiger charge is 2.18. The van der Waals surface area contributed by atoms with Gasteiger partial charge in [0.25, 0.3) is 0 Å². The molecule has 146 valence electrons. The van der Waals surface area contributed by atoms with Crippen molar-refractivity contribution >= 4 is 26.8 Å². The Morgan fingerprint density at radius 2 is 2.00 bits per heavy atom. The lowest BCUT2D eigenvalue weighted by molar-refractivity contribution is 0.358. The van der Waals surface area contributed by atoms with Gasteiger partial charge >= 0.3 is 0 Å². The summed E-state index contributed by atoms with van der Waals surface area (Å²) in [7, 11) is -1.09. The van der Waals surface area contributed by atoms with Crippen LogP contribution in [0.4, 0.5) is 0 Å². The molecule has 0 saturated carbocycles. The highest BCUT2D eigenvalue weighted by Crippen LogP contribution is 2.24. The Morgan fingerprint density at radius 1 is 1.18 bits per heavy atom. The number of H-pyrrole nitrogens is 1. The van der Waals surface area contributed by atoms with E-state index in [1.165, 1.54) is 12.8 Å². The maximum atomic E-state index is 12.5. The standard InChI is InChI=1S/C23H26N2O2S/c1-25-14-5-6-20(25)11-10-19-17-24-23-12-9-18(16-22(19)23)13-15-28(26,27)21-7-3-2-4-8-21/h2-4,7-12,16-17,20,24H,5-6,13-15H2,1H3/t20-/m1/s1. The third kappa shape index (κ3) is 4.05. The van der Waals surface area contributed by atoms with E-state index in [2.05, 4.69) is 35.1 Å². The van der Waals surface area contributed by atoms with Gasteiger partial charge in [0.2, 0.25) is 0 Å². The second-order valence-electron chi connectivity index (χ2n) is 7.56. The average molecular weight is 395 g/mol. The van der Waals surface area contributed by atoms with E-state index in [9.17, 15) is 8.42 Å². The molecule has 4 rings (SSSR count). The number of likely N-dealkylation sites (tertiary alicyclic amines) is 1. The number of aryl methyl sites for hydroxylation is 1. The van der Waals surface area contributed by atoms with Crippen molar-refractivity contribution in [3.05, 3.63) is 71.9 Å². The van der Waals surface area contributed by atoms with Gasteiger partial charge in [-0.1, -0.05) is 36.4 Å². The molecule has 0 radical (unpaired) electrons. The van der Waals surface area contributed by atoms with Gasteiger partial charge in [-0.15, -0.1) is 0 Å². The molecule has 2 aromatic carbocycles. The second-order valence-corrected chi connectivity index (χ2v) is 9.66. The molecule has 0 bridgehead atoms. The van der Waals surface area contributed by atoms with Gasteiger partial charge in [-0.2, -0.15) is 0 Å². The van der Waals surface area contributed by atoms with Gasteiger partial charge in [-0.3, -0.25) is 4.90 Å². The van der Waals surface area contributed by atoms with Gasteiger partial charge in [0.05, 0.1) is 10.6 Å². The molecule has 3 aromatic rings. The van der Waals surface area contributed by atoms with Crippen molar-refractivity contribution in [3.63, 3.8) is 0 Å².